The summed E-state index contributed by atoms with van der Waals surface area (Å²) in [6.45, 7) is 2.88. The lowest BCUT2D eigenvalue weighted by atomic mass is 9.83. The lowest BCUT2D eigenvalue weighted by molar-refractivity contribution is -0.140. The molecule has 0 radical (unpaired) electrons. The Morgan fingerprint density at radius 1 is 1.10 bits per heavy atom. The molecule has 0 saturated heterocycles. The first-order valence-electron chi connectivity index (χ1n) is 13.2. The molecule has 10 heteroatoms. The predicted octanol–water partition coefficient (Wildman–Crippen LogP) is 5.38. The highest BCUT2D eigenvalue weighted by atomic mass is 19.4. The van der Waals surface area contributed by atoms with E-state index < -0.39 is 11.9 Å². The number of pyridine rings is 1. The van der Waals surface area contributed by atoms with Gasteiger partial charge in [0.2, 0.25) is 0 Å². The van der Waals surface area contributed by atoms with Gasteiger partial charge in [-0.2, -0.15) is 18.3 Å². The van der Waals surface area contributed by atoms with Crippen LogP contribution in [0.4, 0.5) is 13.2 Å². The first-order chi connectivity index (χ1) is 18.7. The third-order valence-corrected chi connectivity index (χ3v) is 7.82. The van der Waals surface area contributed by atoms with E-state index in [-0.39, 0.29) is 17.5 Å². The molecule has 1 aromatic carbocycles. The number of nitrogens with zero attached hydrogens (tertiary/aromatic N) is 6. The number of carbonyl (C=O) groups excluding carboxylic acids is 1. The zero-order valence-corrected chi connectivity index (χ0v) is 21.9. The van der Waals surface area contributed by atoms with Gasteiger partial charge >= 0.3 is 6.18 Å². The van der Waals surface area contributed by atoms with Crippen LogP contribution in [-0.4, -0.2) is 41.7 Å². The van der Waals surface area contributed by atoms with Crippen LogP contribution in [-0.2, 0) is 39.0 Å². The van der Waals surface area contributed by atoms with Crippen LogP contribution in [0.3, 0.4) is 0 Å². The number of imidazole rings is 1. The topological polar surface area (TPSA) is 68.8 Å². The average Bonchev–Trinajstić information content (AvgIpc) is 3.58. The van der Waals surface area contributed by atoms with Crippen molar-refractivity contribution in [3.8, 4) is 11.1 Å². The molecule has 0 fully saturated rings. The standard InChI is InChI=1S/C29H29F3N6O/c1-3-20-13-22-19(14-34-20)5-4-6-26(22)38-9-7-21-23(25-16-36(2)35-27(25)29(30,31)32)11-18(12-24(21)28(38)39)15-37-10-8-33-17-37/h8,10-14,16-17,26H,3-7,9,15H2,1-2H3/t26-/m0/s1. The molecule has 0 unspecified atom stereocenters. The molecule has 4 heterocycles. The summed E-state index contributed by atoms with van der Waals surface area (Å²) in [5.41, 5.74) is 4.61. The van der Waals surface area contributed by atoms with Crippen molar-refractivity contribution < 1.29 is 18.0 Å². The highest BCUT2D eigenvalue weighted by Crippen LogP contribution is 2.42. The van der Waals surface area contributed by atoms with Crippen LogP contribution >= 0.6 is 0 Å². The second-order valence-electron chi connectivity index (χ2n) is 10.4. The van der Waals surface area contributed by atoms with Crippen molar-refractivity contribution in [2.75, 3.05) is 6.54 Å². The minimum atomic E-state index is -4.62. The van der Waals surface area contributed by atoms with Gasteiger partial charge < -0.3 is 9.47 Å². The van der Waals surface area contributed by atoms with Crippen molar-refractivity contribution in [2.45, 2.75) is 57.8 Å². The Morgan fingerprint density at radius 3 is 2.67 bits per heavy atom. The number of aryl methyl sites for hydroxylation is 3. The summed E-state index contributed by atoms with van der Waals surface area (Å²) in [5, 5.41) is 3.74. The van der Waals surface area contributed by atoms with Crippen molar-refractivity contribution in [1.29, 1.82) is 0 Å². The molecule has 0 N–H and O–H groups in total. The Hall–Kier alpha value is -3.95. The Kier molecular flexibility index (Phi) is 6.28. The molecule has 1 aliphatic carbocycles. The number of alkyl halides is 3. The normalized spacial score (nSPS) is 17.3. The SMILES string of the molecule is CCc1cc2c(cn1)CCC[C@@H]2N1CCc2c(cc(Cn3ccnc3)cc2-c2cn(C)nc2C(F)(F)F)C1=O. The highest BCUT2D eigenvalue weighted by molar-refractivity contribution is 5.99. The lowest BCUT2D eigenvalue weighted by Gasteiger charge is -2.39. The molecule has 3 aromatic heterocycles. The van der Waals surface area contributed by atoms with Gasteiger partial charge in [0.15, 0.2) is 5.69 Å². The first-order valence-corrected chi connectivity index (χ1v) is 13.2. The Morgan fingerprint density at radius 2 is 1.92 bits per heavy atom. The van der Waals surface area contributed by atoms with E-state index in [0.717, 1.165) is 42.5 Å². The minimum Gasteiger partial charge on any atom is -0.333 e. The summed E-state index contributed by atoms with van der Waals surface area (Å²) < 4.78 is 45.0. The second kappa shape index (κ2) is 9.66. The van der Waals surface area contributed by atoms with Gasteiger partial charge in [0.25, 0.3) is 5.91 Å². The summed E-state index contributed by atoms with van der Waals surface area (Å²) in [5.74, 6) is -0.143. The van der Waals surface area contributed by atoms with Crippen molar-refractivity contribution in [1.82, 2.24) is 29.2 Å². The molecule has 1 atom stereocenters. The van der Waals surface area contributed by atoms with Gasteiger partial charge in [0.05, 0.1) is 12.4 Å². The average molecular weight is 535 g/mol. The quantitative estimate of drug-likeness (QED) is 0.345. The van der Waals surface area contributed by atoms with Gasteiger partial charge in [-0.05, 0) is 78.1 Å². The molecule has 7 nitrogen and oxygen atoms in total. The van der Waals surface area contributed by atoms with Crippen molar-refractivity contribution in [2.24, 2.45) is 7.05 Å². The van der Waals surface area contributed by atoms with E-state index in [1.807, 2.05) is 21.7 Å². The first kappa shape index (κ1) is 25.3. The summed E-state index contributed by atoms with van der Waals surface area (Å²) in [7, 11) is 1.48. The highest BCUT2D eigenvalue weighted by Gasteiger charge is 2.40. The number of carbonyl (C=O) groups is 1. The van der Waals surface area contributed by atoms with Gasteiger partial charge in [-0.3, -0.25) is 14.5 Å². The van der Waals surface area contributed by atoms with Crippen LogP contribution in [0.15, 0.2) is 49.3 Å². The second-order valence-corrected chi connectivity index (χ2v) is 10.4. The third-order valence-electron chi connectivity index (χ3n) is 7.82. The van der Waals surface area contributed by atoms with Crippen molar-refractivity contribution in [3.05, 3.63) is 88.5 Å². The molecule has 2 aliphatic rings. The Labute approximate surface area is 224 Å². The molecular weight excluding hydrogens is 505 g/mol. The zero-order chi connectivity index (χ0) is 27.3. The van der Waals surface area contributed by atoms with Gasteiger partial charge in [-0.1, -0.05) is 6.92 Å². The van der Waals surface area contributed by atoms with Crippen LogP contribution in [0.2, 0.25) is 0 Å². The number of hydrogen-bond acceptors (Lipinski definition) is 4. The number of hydrogen-bond donors (Lipinski definition) is 0. The minimum absolute atomic E-state index is 0.00310. The van der Waals surface area contributed by atoms with Crippen molar-refractivity contribution >= 4 is 5.91 Å². The fourth-order valence-electron chi connectivity index (χ4n) is 6.02. The lowest BCUT2D eigenvalue weighted by Crippen LogP contribution is -2.42. The van der Waals surface area contributed by atoms with Crippen LogP contribution in [0, 0.1) is 0 Å². The maximum atomic E-state index is 14.2. The smallest absolute Gasteiger partial charge is 0.333 e. The van der Waals surface area contributed by atoms with E-state index in [9.17, 15) is 18.0 Å². The fraction of sp³-hybridized carbons (Fsp3) is 0.379. The molecule has 0 saturated carbocycles. The van der Waals surface area contributed by atoms with Gasteiger partial charge in [0.1, 0.15) is 0 Å². The number of benzene rings is 1. The summed E-state index contributed by atoms with van der Waals surface area (Å²) in [6.07, 6.45) is 7.81. The Balaban J connectivity index is 1.47. The third kappa shape index (κ3) is 4.62. The van der Waals surface area contributed by atoms with Crippen LogP contribution in [0.5, 0.6) is 0 Å². The maximum Gasteiger partial charge on any atom is 0.435 e. The van der Waals surface area contributed by atoms with Gasteiger partial charge in [-0.15, -0.1) is 0 Å². The molecule has 4 aromatic rings. The van der Waals surface area contributed by atoms with Crippen LogP contribution in [0.25, 0.3) is 11.1 Å². The van der Waals surface area contributed by atoms with Crippen molar-refractivity contribution in [3.63, 3.8) is 0 Å². The molecule has 39 heavy (non-hydrogen) atoms. The largest absolute Gasteiger partial charge is 0.435 e. The van der Waals surface area contributed by atoms with E-state index in [4.69, 9.17) is 0 Å². The molecule has 6 rings (SSSR count). The maximum absolute atomic E-state index is 14.2. The molecule has 1 aliphatic heterocycles. The molecule has 202 valence electrons. The van der Waals surface area contributed by atoms with E-state index in [1.54, 1.807) is 24.8 Å². The summed E-state index contributed by atoms with van der Waals surface area (Å²) in [6, 6.07) is 5.65. The number of fused-ring (bicyclic) bond motifs is 2. The molecule has 0 spiro atoms. The molecule has 0 bridgehead atoms. The van der Waals surface area contributed by atoms with E-state index in [1.165, 1.54) is 23.5 Å². The summed E-state index contributed by atoms with van der Waals surface area (Å²) >= 11 is 0. The van der Waals surface area contributed by atoms with Gasteiger partial charge in [0, 0.05) is 61.7 Å². The number of amides is 1. The monoisotopic (exact) mass is 534 g/mol. The number of aromatic nitrogens is 5. The number of rotatable bonds is 5. The van der Waals surface area contributed by atoms with E-state index in [2.05, 4.69) is 28.1 Å². The van der Waals surface area contributed by atoms with E-state index >= 15 is 0 Å². The van der Waals surface area contributed by atoms with Gasteiger partial charge in [-0.25, -0.2) is 4.98 Å². The Bertz CT molecular complexity index is 1540. The molecular formula is C29H29F3N6O. The summed E-state index contributed by atoms with van der Waals surface area (Å²) in [4.78, 5) is 24.7. The number of halogens is 3. The predicted molar refractivity (Wildman–Crippen MR) is 139 cm³/mol. The van der Waals surface area contributed by atoms with Crippen LogP contribution in [0.1, 0.15) is 69.8 Å². The molecule has 1 amide bonds. The zero-order valence-electron chi connectivity index (χ0n) is 21.9. The van der Waals surface area contributed by atoms with E-state index in [0.29, 0.717) is 36.2 Å². The fourth-order valence-corrected chi connectivity index (χ4v) is 6.02. The van der Waals surface area contributed by atoms with Crippen LogP contribution < -0.4 is 0 Å².